The van der Waals surface area contributed by atoms with Crippen molar-refractivity contribution in [1.29, 1.82) is 0 Å². The Labute approximate surface area is 161 Å². The predicted molar refractivity (Wildman–Crippen MR) is 104 cm³/mol. The number of pyridine rings is 1. The summed E-state index contributed by atoms with van der Waals surface area (Å²) in [6.07, 6.45) is 1.38. The number of nitrogens with zero attached hydrogens (tertiary/aromatic N) is 3. The highest BCUT2D eigenvalue weighted by atomic mass is 16.6. The molecule has 0 fully saturated rings. The molecular formula is C20H21N3O5. The van der Waals surface area contributed by atoms with Gasteiger partial charge in [0.15, 0.2) is 11.8 Å². The van der Waals surface area contributed by atoms with Gasteiger partial charge in [-0.25, -0.2) is 0 Å². The molecule has 0 bridgehead atoms. The Morgan fingerprint density at radius 3 is 2.36 bits per heavy atom. The molecule has 1 atom stereocenters. The molecule has 0 aliphatic rings. The fourth-order valence-corrected chi connectivity index (χ4v) is 2.76. The summed E-state index contributed by atoms with van der Waals surface area (Å²) in [7, 11) is 0. The summed E-state index contributed by atoms with van der Waals surface area (Å²) in [6.45, 7) is 7.90. The lowest BCUT2D eigenvalue weighted by atomic mass is 10.0. The van der Waals surface area contributed by atoms with Crippen molar-refractivity contribution in [2.45, 2.75) is 19.9 Å². The number of carbonyl (C=O) groups is 2. The molecule has 0 saturated carbocycles. The summed E-state index contributed by atoms with van der Waals surface area (Å²) in [5.41, 5.74) is 0.166. The largest absolute Gasteiger partial charge is 0.337 e. The molecule has 1 amide bonds. The first-order chi connectivity index (χ1) is 13.3. The average Bonchev–Trinajstić information content (AvgIpc) is 2.67. The van der Waals surface area contributed by atoms with E-state index in [2.05, 4.69) is 6.58 Å². The number of non-ortho nitro benzene ring substituents is 1. The predicted octanol–water partition coefficient (Wildman–Crippen LogP) is 2.61. The Morgan fingerprint density at radius 2 is 1.86 bits per heavy atom. The van der Waals surface area contributed by atoms with Crippen LogP contribution in [0.25, 0.3) is 0 Å². The molecule has 0 aliphatic carbocycles. The van der Waals surface area contributed by atoms with Crippen LogP contribution in [-0.2, 0) is 4.79 Å². The molecule has 28 heavy (non-hydrogen) atoms. The molecule has 0 saturated heterocycles. The summed E-state index contributed by atoms with van der Waals surface area (Å²) in [6, 6.07) is 7.87. The minimum atomic E-state index is -1.41. The van der Waals surface area contributed by atoms with Gasteiger partial charge in [-0.05, 0) is 32.0 Å². The maximum atomic E-state index is 13.1. The van der Waals surface area contributed by atoms with E-state index in [4.69, 9.17) is 0 Å². The second kappa shape index (κ2) is 8.90. The van der Waals surface area contributed by atoms with Gasteiger partial charge < -0.3 is 4.90 Å². The standard InChI is InChI=1S/C20H21N3O5/c1-4-21(13-14(2)3)20(26)18(22-12-6-5-7-17(22)24)19(25)15-8-10-16(11-9-15)23(27)28/h5-12,18H,2,4,13H2,1,3H3. The number of rotatable bonds is 8. The number of hydrogen-bond donors (Lipinski definition) is 0. The first kappa shape index (κ1) is 20.8. The highest BCUT2D eigenvalue weighted by Gasteiger charge is 2.33. The molecule has 8 nitrogen and oxygen atoms in total. The zero-order valence-electron chi connectivity index (χ0n) is 15.7. The number of nitro benzene ring substituents is 1. The summed E-state index contributed by atoms with van der Waals surface area (Å²) >= 11 is 0. The van der Waals surface area contributed by atoms with Gasteiger partial charge in [-0.2, -0.15) is 0 Å². The van der Waals surface area contributed by atoms with E-state index >= 15 is 0 Å². The van der Waals surface area contributed by atoms with Crippen molar-refractivity contribution in [1.82, 2.24) is 9.47 Å². The molecule has 0 aliphatic heterocycles. The quantitative estimate of drug-likeness (QED) is 0.229. The van der Waals surface area contributed by atoms with Gasteiger partial charge in [0.2, 0.25) is 0 Å². The zero-order valence-corrected chi connectivity index (χ0v) is 15.7. The number of aromatic nitrogens is 1. The molecule has 2 rings (SSSR count). The Morgan fingerprint density at radius 1 is 1.21 bits per heavy atom. The number of likely N-dealkylation sites (N-methyl/N-ethyl adjacent to an activating group) is 1. The van der Waals surface area contributed by atoms with Crippen LogP contribution in [0.5, 0.6) is 0 Å². The van der Waals surface area contributed by atoms with E-state index in [0.29, 0.717) is 6.54 Å². The maximum Gasteiger partial charge on any atom is 0.269 e. The number of benzene rings is 1. The second-order valence-electron chi connectivity index (χ2n) is 6.33. The Balaban J connectivity index is 2.51. The fraction of sp³-hybridized carbons (Fsp3) is 0.250. The number of carbonyl (C=O) groups excluding carboxylic acids is 2. The summed E-state index contributed by atoms with van der Waals surface area (Å²) in [5, 5.41) is 10.8. The van der Waals surface area contributed by atoms with Crippen LogP contribution in [0.4, 0.5) is 5.69 Å². The first-order valence-electron chi connectivity index (χ1n) is 8.65. The summed E-state index contributed by atoms with van der Waals surface area (Å²) < 4.78 is 1.08. The van der Waals surface area contributed by atoms with Crippen LogP contribution in [0.15, 0.2) is 65.6 Å². The first-order valence-corrected chi connectivity index (χ1v) is 8.65. The SMILES string of the molecule is C=C(C)CN(CC)C(=O)C(C(=O)c1ccc([N+](=O)[O-])cc1)n1ccccc1=O. The molecule has 0 N–H and O–H groups in total. The minimum Gasteiger partial charge on any atom is -0.337 e. The third-order valence-electron chi connectivity index (χ3n) is 4.13. The second-order valence-corrected chi connectivity index (χ2v) is 6.33. The molecule has 1 aromatic heterocycles. The number of hydrogen-bond acceptors (Lipinski definition) is 5. The maximum absolute atomic E-state index is 13.1. The van der Waals surface area contributed by atoms with Gasteiger partial charge in [0.25, 0.3) is 17.2 Å². The molecule has 1 heterocycles. The van der Waals surface area contributed by atoms with Crippen molar-refractivity contribution < 1.29 is 14.5 Å². The van der Waals surface area contributed by atoms with E-state index in [9.17, 15) is 24.5 Å². The number of nitro groups is 1. The van der Waals surface area contributed by atoms with Gasteiger partial charge in [0.1, 0.15) is 0 Å². The van der Waals surface area contributed by atoms with Crippen molar-refractivity contribution in [2.75, 3.05) is 13.1 Å². The lowest BCUT2D eigenvalue weighted by Gasteiger charge is -2.27. The van der Waals surface area contributed by atoms with Gasteiger partial charge in [-0.3, -0.25) is 29.1 Å². The molecular weight excluding hydrogens is 362 g/mol. The zero-order chi connectivity index (χ0) is 20.8. The lowest BCUT2D eigenvalue weighted by molar-refractivity contribution is -0.384. The Kier molecular flexibility index (Phi) is 6.59. The van der Waals surface area contributed by atoms with Gasteiger partial charge in [0, 0.05) is 43.0 Å². The Hall–Kier alpha value is -3.55. The van der Waals surface area contributed by atoms with Crippen molar-refractivity contribution in [3.8, 4) is 0 Å². The number of Topliss-reactive ketones (excluding diaryl/α,β-unsaturated/α-hetero) is 1. The van der Waals surface area contributed by atoms with Gasteiger partial charge >= 0.3 is 0 Å². The van der Waals surface area contributed by atoms with Crippen molar-refractivity contribution in [3.63, 3.8) is 0 Å². The van der Waals surface area contributed by atoms with E-state index < -0.39 is 28.2 Å². The van der Waals surface area contributed by atoms with Crippen LogP contribution in [0, 0.1) is 10.1 Å². The normalized spacial score (nSPS) is 11.5. The van der Waals surface area contributed by atoms with Crippen LogP contribution >= 0.6 is 0 Å². The van der Waals surface area contributed by atoms with Crippen LogP contribution in [0.1, 0.15) is 30.2 Å². The number of amides is 1. The molecule has 2 aromatic rings. The van der Waals surface area contributed by atoms with Gasteiger partial charge in [0.05, 0.1) is 4.92 Å². The average molecular weight is 383 g/mol. The smallest absolute Gasteiger partial charge is 0.269 e. The highest BCUT2D eigenvalue weighted by Crippen LogP contribution is 2.20. The van der Waals surface area contributed by atoms with Crippen molar-refractivity contribution in [2.24, 2.45) is 0 Å². The van der Waals surface area contributed by atoms with Crippen molar-refractivity contribution >= 4 is 17.4 Å². The molecule has 8 heteroatoms. The van der Waals surface area contributed by atoms with E-state index in [0.717, 1.165) is 10.1 Å². The summed E-state index contributed by atoms with van der Waals surface area (Å²) in [5.74, 6) is -1.16. The van der Waals surface area contributed by atoms with Crippen LogP contribution < -0.4 is 5.56 Å². The van der Waals surface area contributed by atoms with E-state index in [1.54, 1.807) is 19.9 Å². The van der Waals surface area contributed by atoms with Crippen LogP contribution in [0.2, 0.25) is 0 Å². The molecule has 1 aromatic carbocycles. The highest BCUT2D eigenvalue weighted by molar-refractivity contribution is 6.11. The lowest BCUT2D eigenvalue weighted by Crippen LogP contribution is -2.44. The van der Waals surface area contributed by atoms with Crippen LogP contribution in [0.3, 0.4) is 0 Å². The van der Waals surface area contributed by atoms with E-state index in [1.165, 1.54) is 47.5 Å². The third-order valence-corrected chi connectivity index (χ3v) is 4.13. The van der Waals surface area contributed by atoms with Crippen LogP contribution in [-0.4, -0.2) is 39.2 Å². The van der Waals surface area contributed by atoms with E-state index in [1.807, 2.05) is 0 Å². The molecule has 146 valence electrons. The van der Waals surface area contributed by atoms with Gasteiger partial charge in [-0.15, -0.1) is 0 Å². The topological polar surface area (TPSA) is 103 Å². The monoisotopic (exact) mass is 383 g/mol. The third kappa shape index (κ3) is 4.59. The van der Waals surface area contributed by atoms with Crippen molar-refractivity contribution in [3.05, 3.63) is 86.8 Å². The Bertz CT molecular complexity index is 962. The molecule has 1 unspecified atom stereocenters. The molecule has 0 spiro atoms. The summed E-state index contributed by atoms with van der Waals surface area (Å²) in [4.78, 5) is 50.3. The number of ketones is 1. The fourth-order valence-electron chi connectivity index (χ4n) is 2.76. The molecule has 0 radical (unpaired) electrons. The van der Waals surface area contributed by atoms with Gasteiger partial charge in [-0.1, -0.05) is 18.2 Å². The van der Waals surface area contributed by atoms with E-state index in [-0.39, 0.29) is 17.8 Å². The minimum absolute atomic E-state index is 0.103.